The van der Waals surface area contributed by atoms with Crippen LogP contribution < -0.4 is 5.73 Å². The largest absolute Gasteiger partial charge is 0.329 e. The summed E-state index contributed by atoms with van der Waals surface area (Å²) in [6.07, 6.45) is 8.08. The van der Waals surface area contributed by atoms with Crippen molar-refractivity contribution in [3.8, 4) is 0 Å². The number of fused-ring (bicyclic) bond motifs is 2. The molecule has 3 rings (SSSR count). The summed E-state index contributed by atoms with van der Waals surface area (Å²) in [5.74, 6) is 0. The van der Waals surface area contributed by atoms with Crippen LogP contribution in [0.1, 0.15) is 38.5 Å². The molecule has 3 saturated heterocycles. The molecule has 0 aromatic rings. The predicted molar refractivity (Wildman–Crippen MR) is 83.9 cm³/mol. The van der Waals surface area contributed by atoms with E-state index in [0.29, 0.717) is 0 Å². The molecule has 0 aliphatic carbocycles. The third kappa shape index (κ3) is 2.63. The number of likely N-dealkylation sites (N-methyl/N-ethyl adjacent to an activating group) is 1. The van der Waals surface area contributed by atoms with Gasteiger partial charge in [0.25, 0.3) is 0 Å². The summed E-state index contributed by atoms with van der Waals surface area (Å²) >= 11 is 0. The Morgan fingerprint density at radius 3 is 2.30 bits per heavy atom. The highest BCUT2D eigenvalue weighted by Crippen LogP contribution is 2.41. The number of nitrogens with zero attached hydrogens (tertiary/aromatic N) is 3. The number of rotatable bonds is 5. The van der Waals surface area contributed by atoms with Gasteiger partial charge in [-0.2, -0.15) is 0 Å². The number of hydrogen-bond acceptors (Lipinski definition) is 4. The fourth-order valence-corrected chi connectivity index (χ4v) is 4.71. The smallest absolute Gasteiger partial charge is 0.0358 e. The molecule has 0 spiro atoms. The fraction of sp³-hybridized carbons (Fsp3) is 1.00. The zero-order chi connectivity index (χ0) is 14.2. The molecule has 3 heterocycles. The maximum absolute atomic E-state index is 6.25. The Bertz CT molecular complexity index is 312. The average Bonchev–Trinajstić information content (AvgIpc) is 3.03. The zero-order valence-electron chi connectivity index (χ0n) is 13.4. The Kier molecular flexibility index (Phi) is 4.37. The van der Waals surface area contributed by atoms with Gasteiger partial charge in [0.1, 0.15) is 0 Å². The average molecular weight is 280 g/mol. The minimum Gasteiger partial charge on any atom is -0.329 e. The van der Waals surface area contributed by atoms with E-state index in [2.05, 4.69) is 28.8 Å². The van der Waals surface area contributed by atoms with Gasteiger partial charge in [0.2, 0.25) is 0 Å². The minimum absolute atomic E-state index is 0.262. The van der Waals surface area contributed by atoms with Crippen LogP contribution in [0.2, 0.25) is 0 Å². The van der Waals surface area contributed by atoms with E-state index in [0.717, 1.165) is 18.6 Å². The molecule has 2 bridgehead atoms. The minimum atomic E-state index is 0.262. The van der Waals surface area contributed by atoms with Gasteiger partial charge >= 0.3 is 0 Å². The molecule has 0 radical (unpaired) electrons. The number of hydrogen-bond donors (Lipinski definition) is 1. The Morgan fingerprint density at radius 2 is 1.75 bits per heavy atom. The van der Waals surface area contributed by atoms with Crippen molar-refractivity contribution in [1.29, 1.82) is 0 Å². The van der Waals surface area contributed by atoms with Gasteiger partial charge in [-0.3, -0.25) is 4.90 Å². The van der Waals surface area contributed by atoms with E-state index in [4.69, 9.17) is 5.73 Å². The van der Waals surface area contributed by atoms with Gasteiger partial charge < -0.3 is 15.5 Å². The third-order valence-electron chi connectivity index (χ3n) is 6.36. The van der Waals surface area contributed by atoms with Crippen molar-refractivity contribution < 1.29 is 0 Å². The summed E-state index contributed by atoms with van der Waals surface area (Å²) in [7, 11) is 4.63. The van der Waals surface area contributed by atoms with Gasteiger partial charge in [0.15, 0.2) is 0 Å². The van der Waals surface area contributed by atoms with E-state index >= 15 is 0 Å². The first-order valence-electron chi connectivity index (χ1n) is 8.50. The maximum atomic E-state index is 6.25. The lowest BCUT2D eigenvalue weighted by molar-refractivity contribution is 0.0127. The third-order valence-corrected chi connectivity index (χ3v) is 6.36. The summed E-state index contributed by atoms with van der Waals surface area (Å²) in [4.78, 5) is 7.83. The molecule has 3 aliphatic rings. The highest BCUT2D eigenvalue weighted by Gasteiger charge is 2.47. The number of likely N-dealkylation sites (tertiary alicyclic amines) is 1. The van der Waals surface area contributed by atoms with Gasteiger partial charge in [-0.1, -0.05) is 0 Å². The van der Waals surface area contributed by atoms with Gasteiger partial charge in [0.05, 0.1) is 0 Å². The van der Waals surface area contributed by atoms with Crippen molar-refractivity contribution in [3.63, 3.8) is 0 Å². The molecule has 2 N–H and O–H groups in total. The standard InChI is InChI=1S/C16H32N4/c1-18(9-10-20-7-3-4-8-20)16(13-17)11-14-5-6-15(12-16)19(14)2/h14-15H,3-13,17H2,1-2H3. The monoisotopic (exact) mass is 280 g/mol. The topological polar surface area (TPSA) is 35.7 Å². The van der Waals surface area contributed by atoms with Crippen molar-refractivity contribution in [3.05, 3.63) is 0 Å². The van der Waals surface area contributed by atoms with Crippen molar-refractivity contribution in [2.75, 3.05) is 46.8 Å². The quantitative estimate of drug-likeness (QED) is 0.814. The second-order valence-corrected chi connectivity index (χ2v) is 7.36. The van der Waals surface area contributed by atoms with Crippen LogP contribution in [0.15, 0.2) is 0 Å². The fourth-order valence-electron chi connectivity index (χ4n) is 4.71. The van der Waals surface area contributed by atoms with Gasteiger partial charge in [-0.25, -0.2) is 0 Å². The first-order valence-corrected chi connectivity index (χ1v) is 8.50. The van der Waals surface area contributed by atoms with E-state index in [1.54, 1.807) is 0 Å². The second kappa shape index (κ2) is 5.91. The Morgan fingerprint density at radius 1 is 1.15 bits per heavy atom. The lowest BCUT2D eigenvalue weighted by atomic mass is 9.81. The molecule has 0 aromatic heterocycles. The molecule has 0 amide bonds. The van der Waals surface area contributed by atoms with Crippen LogP contribution in [-0.4, -0.2) is 79.1 Å². The predicted octanol–water partition coefficient (Wildman–Crippen LogP) is 0.968. The van der Waals surface area contributed by atoms with Crippen molar-refractivity contribution >= 4 is 0 Å². The van der Waals surface area contributed by atoms with Crippen molar-refractivity contribution in [1.82, 2.24) is 14.7 Å². The Balaban J connectivity index is 1.60. The van der Waals surface area contributed by atoms with Gasteiger partial charge in [-0.15, -0.1) is 0 Å². The van der Waals surface area contributed by atoms with Crippen LogP contribution in [0.25, 0.3) is 0 Å². The maximum Gasteiger partial charge on any atom is 0.0358 e. The Labute approximate surface area is 124 Å². The molecule has 20 heavy (non-hydrogen) atoms. The zero-order valence-corrected chi connectivity index (χ0v) is 13.4. The van der Waals surface area contributed by atoms with E-state index in [1.165, 1.54) is 64.7 Å². The molecule has 3 fully saturated rings. The van der Waals surface area contributed by atoms with Crippen LogP contribution >= 0.6 is 0 Å². The van der Waals surface area contributed by atoms with E-state index in [1.807, 2.05) is 0 Å². The highest BCUT2D eigenvalue weighted by molar-refractivity contribution is 5.06. The summed E-state index contributed by atoms with van der Waals surface area (Å²) in [5.41, 5.74) is 6.51. The summed E-state index contributed by atoms with van der Waals surface area (Å²) < 4.78 is 0. The molecular formula is C16H32N4. The molecule has 116 valence electrons. The SMILES string of the molecule is CN1C2CCC1CC(CN)(N(C)CCN1CCCC1)C2. The van der Waals surface area contributed by atoms with Gasteiger partial charge in [0, 0.05) is 37.3 Å². The molecule has 2 atom stereocenters. The lowest BCUT2D eigenvalue weighted by Gasteiger charge is -2.50. The van der Waals surface area contributed by atoms with Crippen LogP contribution in [0.3, 0.4) is 0 Å². The lowest BCUT2D eigenvalue weighted by Crippen LogP contribution is -2.61. The van der Waals surface area contributed by atoms with Crippen molar-refractivity contribution in [2.24, 2.45) is 5.73 Å². The summed E-state index contributed by atoms with van der Waals surface area (Å²) in [6.45, 7) is 5.84. The van der Waals surface area contributed by atoms with E-state index in [9.17, 15) is 0 Å². The normalized spacial score (nSPS) is 39.0. The van der Waals surface area contributed by atoms with Gasteiger partial charge in [-0.05, 0) is 65.7 Å². The first kappa shape index (κ1) is 14.8. The molecule has 3 aliphatic heterocycles. The highest BCUT2D eigenvalue weighted by atomic mass is 15.3. The molecule has 0 aromatic carbocycles. The first-order chi connectivity index (χ1) is 9.64. The number of piperidine rings is 1. The summed E-state index contributed by atoms with van der Waals surface area (Å²) in [6, 6.07) is 1.54. The molecule has 2 unspecified atom stereocenters. The number of nitrogens with two attached hydrogens (primary N) is 1. The van der Waals surface area contributed by atoms with Crippen molar-refractivity contribution in [2.45, 2.75) is 56.1 Å². The molecule has 4 nitrogen and oxygen atoms in total. The van der Waals surface area contributed by atoms with Crippen LogP contribution in [0.5, 0.6) is 0 Å². The molecular weight excluding hydrogens is 248 g/mol. The van der Waals surface area contributed by atoms with E-state index < -0.39 is 0 Å². The van der Waals surface area contributed by atoms with Crippen LogP contribution in [0.4, 0.5) is 0 Å². The van der Waals surface area contributed by atoms with Crippen LogP contribution in [-0.2, 0) is 0 Å². The van der Waals surface area contributed by atoms with E-state index in [-0.39, 0.29) is 5.54 Å². The second-order valence-electron chi connectivity index (χ2n) is 7.36. The van der Waals surface area contributed by atoms with Crippen LogP contribution in [0, 0.1) is 0 Å². The summed E-state index contributed by atoms with van der Waals surface area (Å²) in [5, 5.41) is 0. The molecule has 4 heteroatoms. The Hall–Kier alpha value is -0.160. The molecule has 0 saturated carbocycles.